The molecule has 0 saturated heterocycles. The third-order valence-electron chi connectivity index (χ3n) is 3.36. The van der Waals surface area contributed by atoms with E-state index in [2.05, 4.69) is 0 Å². The molecule has 0 aromatic carbocycles. The van der Waals surface area contributed by atoms with Gasteiger partial charge in [-0.25, -0.2) is 4.79 Å². The highest BCUT2D eigenvalue weighted by molar-refractivity contribution is 8.04. The van der Waals surface area contributed by atoms with Crippen molar-refractivity contribution < 1.29 is 14.3 Å². The number of methoxy groups -OCH3 is 1. The molecule has 0 fully saturated rings. The Kier molecular flexibility index (Phi) is 3.44. The summed E-state index contributed by atoms with van der Waals surface area (Å²) in [5.41, 5.74) is 8.14. The minimum absolute atomic E-state index is 0.154. The lowest BCUT2D eigenvalue weighted by Gasteiger charge is -2.19. The molecule has 0 bridgehead atoms. The predicted octanol–water partition coefficient (Wildman–Crippen LogP) is 2.52. The first kappa shape index (κ1) is 13.1. The van der Waals surface area contributed by atoms with Crippen molar-refractivity contribution in [1.29, 1.82) is 0 Å². The van der Waals surface area contributed by atoms with Crippen LogP contribution in [0.5, 0.6) is 0 Å². The van der Waals surface area contributed by atoms with E-state index in [0.29, 0.717) is 11.3 Å². The van der Waals surface area contributed by atoms with Crippen molar-refractivity contribution in [3.05, 3.63) is 58.1 Å². The lowest BCUT2D eigenvalue weighted by molar-refractivity contribution is -0.135. The maximum atomic E-state index is 11.6. The number of rotatable bonds is 1. The largest absolute Gasteiger partial charge is 0.465 e. The first-order valence-electron chi connectivity index (χ1n) is 6.40. The summed E-state index contributed by atoms with van der Waals surface area (Å²) < 4.78 is 10.5. The second-order valence-corrected chi connectivity index (χ2v) is 5.91. The number of carbonyl (C=O) groups is 1. The molecule has 2 aliphatic carbocycles. The van der Waals surface area contributed by atoms with E-state index in [1.165, 1.54) is 12.0 Å². The molecule has 4 nitrogen and oxygen atoms in total. The maximum absolute atomic E-state index is 11.6. The normalized spacial score (nSPS) is 24.4. The molecule has 0 saturated carbocycles. The summed E-state index contributed by atoms with van der Waals surface area (Å²) in [6.07, 6.45) is 11.2. The minimum atomic E-state index is -0.341. The zero-order chi connectivity index (χ0) is 14.1. The molecule has 3 aliphatic rings. The van der Waals surface area contributed by atoms with Crippen molar-refractivity contribution in [1.82, 2.24) is 0 Å². The summed E-state index contributed by atoms with van der Waals surface area (Å²) in [6, 6.07) is 0. The van der Waals surface area contributed by atoms with Gasteiger partial charge in [0.25, 0.3) is 0 Å². The number of hydrogen-bond acceptors (Lipinski definition) is 5. The second kappa shape index (κ2) is 5.25. The molecule has 3 rings (SSSR count). The fraction of sp³-hybridized carbons (Fsp3) is 0.267. The molecular weight excluding hydrogens is 274 g/mol. The molecule has 1 unspecified atom stereocenters. The van der Waals surface area contributed by atoms with E-state index in [1.54, 1.807) is 24.1 Å². The number of esters is 1. The number of ether oxygens (including phenoxy) is 2. The van der Waals surface area contributed by atoms with E-state index in [-0.39, 0.29) is 11.2 Å². The fourth-order valence-electron chi connectivity index (χ4n) is 2.32. The van der Waals surface area contributed by atoms with Crippen LogP contribution in [0, 0.1) is 0 Å². The number of fused-ring (bicyclic) bond motifs is 1. The average Bonchev–Trinajstić information content (AvgIpc) is 2.65. The highest BCUT2D eigenvalue weighted by Crippen LogP contribution is 2.41. The van der Waals surface area contributed by atoms with Gasteiger partial charge in [-0.1, -0.05) is 18.2 Å². The van der Waals surface area contributed by atoms with Gasteiger partial charge in [0.15, 0.2) is 5.76 Å². The highest BCUT2D eigenvalue weighted by atomic mass is 32.2. The van der Waals surface area contributed by atoms with Gasteiger partial charge in [0.2, 0.25) is 0 Å². The van der Waals surface area contributed by atoms with Crippen LogP contribution in [0.15, 0.2) is 58.1 Å². The van der Waals surface area contributed by atoms with Crippen LogP contribution in [0.1, 0.15) is 12.8 Å². The van der Waals surface area contributed by atoms with Gasteiger partial charge >= 0.3 is 5.97 Å². The van der Waals surface area contributed by atoms with Crippen LogP contribution in [0.2, 0.25) is 0 Å². The number of carbonyl (C=O) groups excluding carboxylic acids is 1. The molecule has 20 heavy (non-hydrogen) atoms. The molecule has 0 spiro atoms. The summed E-state index contributed by atoms with van der Waals surface area (Å²) in [5, 5.41) is 0.154. The lowest BCUT2D eigenvalue weighted by Crippen LogP contribution is -2.11. The van der Waals surface area contributed by atoms with Gasteiger partial charge < -0.3 is 15.2 Å². The van der Waals surface area contributed by atoms with Gasteiger partial charge in [-0.2, -0.15) is 0 Å². The van der Waals surface area contributed by atoms with E-state index in [0.717, 1.165) is 24.2 Å². The fourth-order valence-corrected chi connectivity index (χ4v) is 3.55. The number of nitrogens with two attached hydrogens (primary N) is 1. The van der Waals surface area contributed by atoms with Crippen LogP contribution in [0.25, 0.3) is 0 Å². The summed E-state index contributed by atoms with van der Waals surface area (Å²) in [4.78, 5) is 12.7. The Balaban J connectivity index is 1.90. The summed E-state index contributed by atoms with van der Waals surface area (Å²) >= 11 is 1.73. The quantitative estimate of drug-likeness (QED) is 0.752. The van der Waals surface area contributed by atoms with Crippen molar-refractivity contribution in [2.24, 2.45) is 5.73 Å². The van der Waals surface area contributed by atoms with E-state index in [4.69, 9.17) is 15.2 Å². The SMILES string of the molecule is COC(=O)C1=CC2=COC3=C(CCC=C3N)SC2C=C1. The molecular formula is C15H15NO3S. The van der Waals surface area contributed by atoms with Crippen LogP contribution >= 0.6 is 11.8 Å². The van der Waals surface area contributed by atoms with Gasteiger partial charge in [0.1, 0.15) is 0 Å². The zero-order valence-corrected chi connectivity index (χ0v) is 11.9. The average molecular weight is 289 g/mol. The first-order valence-corrected chi connectivity index (χ1v) is 7.27. The monoisotopic (exact) mass is 289 g/mol. The molecule has 0 aromatic heterocycles. The van der Waals surface area contributed by atoms with Crippen molar-refractivity contribution >= 4 is 17.7 Å². The Bertz CT molecular complexity index is 611. The third-order valence-corrected chi connectivity index (χ3v) is 4.71. The van der Waals surface area contributed by atoms with Crippen molar-refractivity contribution in [3.63, 3.8) is 0 Å². The number of hydrogen-bond donors (Lipinski definition) is 1. The zero-order valence-electron chi connectivity index (χ0n) is 11.1. The minimum Gasteiger partial charge on any atom is -0.465 e. The predicted molar refractivity (Wildman–Crippen MR) is 78.3 cm³/mol. The Morgan fingerprint density at radius 3 is 3.20 bits per heavy atom. The molecule has 0 radical (unpaired) electrons. The van der Waals surface area contributed by atoms with Gasteiger partial charge in [-0.3, -0.25) is 0 Å². The summed E-state index contributed by atoms with van der Waals surface area (Å²) in [6.45, 7) is 0. The van der Waals surface area contributed by atoms with Crippen LogP contribution in [-0.4, -0.2) is 18.3 Å². The number of thioether (sulfide) groups is 1. The maximum Gasteiger partial charge on any atom is 0.337 e. The Morgan fingerprint density at radius 1 is 1.55 bits per heavy atom. The van der Waals surface area contributed by atoms with Crippen LogP contribution in [0.4, 0.5) is 0 Å². The second-order valence-electron chi connectivity index (χ2n) is 4.67. The van der Waals surface area contributed by atoms with E-state index < -0.39 is 0 Å². The van der Waals surface area contributed by atoms with E-state index >= 15 is 0 Å². The topological polar surface area (TPSA) is 61.5 Å². The van der Waals surface area contributed by atoms with E-state index in [9.17, 15) is 4.79 Å². The lowest BCUT2D eigenvalue weighted by atomic mass is 10.0. The third kappa shape index (κ3) is 2.29. The van der Waals surface area contributed by atoms with Crippen molar-refractivity contribution in [3.8, 4) is 0 Å². The molecule has 5 heteroatoms. The van der Waals surface area contributed by atoms with Gasteiger partial charge in [0.05, 0.1) is 29.9 Å². The molecule has 104 valence electrons. The van der Waals surface area contributed by atoms with Crippen LogP contribution in [-0.2, 0) is 14.3 Å². The standard InChI is InChI=1S/C15H15NO3S/c1-18-15(17)9-5-6-12-10(7-9)8-19-14-11(16)3-2-4-13(14)20-12/h3,5-8,12H,2,4,16H2,1H3. The van der Waals surface area contributed by atoms with Crippen LogP contribution in [0.3, 0.4) is 0 Å². The van der Waals surface area contributed by atoms with Gasteiger partial charge in [-0.05, 0) is 18.9 Å². The van der Waals surface area contributed by atoms with Crippen LogP contribution < -0.4 is 5.73 Å². The molecule has 1 aliphatic heterocycles. The summed E-state index contributed by atoms with van der Waals surface area (Å²) in [5.74, 6) is 0.413. The molecule has 2 N–H and O–H groups in total. The Morgan fingerprint density at radius 2 is 2.40 bits per heavy atom. The van der Waals surface area contributed by atoms with Gasteiger partial charge in [0, 0.05) is 10.5 Å². The first-order chi connectivity index (χ1) is 9.69. The number of allylic oxidation sites excluding steroid dienone is 3. The molecule has 0 aromatic rings. The summed E-state index contributed by atoms with van der Waals surface area (Å²) in [7, 11) is 1.38. The van der Waals surface area contributed by atoms with Crippen molar-refractivity contribution in [2.75, 3.05) is 7.11 Å². The van der Waals surface area contributed by atoms with Crippen molar-refractivity contribution in [2.45, 2.75) is 18.1 Å². The molecule has 1 atom stereocenters. The smallest absolute Gasteiger partial charge is 0.337 e. The molecule has 1 heterocycles. The van der Waals surface area contributed by atoms with Gasteiger partial charge in [-0.15, -0.1) is 11.8 Å². The Hall–Kier alpha value is -1.88. The molecule has 0 amide bonds. The highest BCUT2D eigenvalue weighted by Gasteiger charge is 2.26. The Labute approximate surface area is 121 Å². The van der Waals surface area contributed by atoms with E-state index in [1.807, 2.05) is 18.2 Å².